The fraction of sp³-hybridized carbons (Fsp3) is 0.560. The molecule has 3 aliphatic rings. The maximum Gasteiger partial charge on any atom is 0.407 e. The Labute approximate surface area is 199 Å². The van der Waals surface area contributed by atoms with Gasteiger partial charge in [-0.25, -0.2) is 9.59 Å². The minimum Gasteiger partial charge on any atom is -0.444 e. The van der Waals surface area contributed by atoms with E-state index in [-0.39, 0.29) is 23.5 Å². The molecular formula is C25H32N4O5. The highest BCUT2D eigenvalue weighted by atomic mass is 16.7. The third-order valence-corrected chi connectivity index (χ3v) is 6.83. The predicted octanol–water partition coefficient (Wildman–Crippen LogP) is 4.20. The molecule has 0 radical (unpaired) electrons. The van der Waals surface area contributed by atoms with E-state index in [2.05, 4.69) is 10.5 Å². The van der Waals surface area contributed by atoms with Gasteiger partial charge < -0.3 is 19.5 Å². The molecule has 34 heavy (non-hydrogen) atoms. The lowest BCUT2D eigenvalue weighted by Gasteiger charge is -2.35. The fourth-order valence-corrected chi connectivity index (χ4v) is 4.96. The number of aromatic nitrogens is 1. The summed E-state index contributed by atoms with van der Waals surface area (Å²) in [5, 5.41) is 8.62. The second-order valence-corrected chi connectivity index (χ2v) is 10.5. The van der Waals surface area contributed by atoms with Gasteiger partial charge in [0.2, 0.25) is 0 Å². The Morgan fingerprint density at radius 1 is 1.26 bits per heavy atom. The molecule has 182 valence electrons. The number of hydrogen-bond donors (Lipinski definition) is 1. The molecule has 1 N–H and O–H groups in total. The van der Waals surface area contributed by atoms with E-state index in [9.17, 15) is 9.59 Å². The lowest BCUT2D eigenvalue weighted by atomic mass is 9.84. The van der Waals surface area contributed by atoms with Crippen molar-refractivity contribution in [1.29, 1.82) is 0 Å². The first-order chi connectivity index (χ1) is 16.2. The first kappa shape index (κ1) is 22.7. The molecule has 1 spiro atoms. The van der Waals surface area contributed by atoms with E-state index in [1.54, 1.807) is 5.06 Å². The number of fused-ring (bicyclic) bond motifs is 3. The lowest BCUT2D eigenvalue weighted by molar-refractivity contribution is -0.153. The number of alkyl carbamates (subject to hydrolysis) is 1. The number of piperidine rings is 1. The van der Waals surface area contributed by atoms with Gasteiger partial charge in [-0.2, -0.15) is 5.06 Å². The minimum absolute atomic E-state index is 0.0735. The summed E-state index contributed by atoms with van der Waals surface area (Å²) >= 11 is 0. The number of benzene rings is 1. The molecule has 9 nitrogen and oxygen atoms in total. The van der Waals surface area contributed by atoms with Crippen molar-refractivity contribution in [1.82, 2.24) is 20.4 Å². The molecule has 5 rings (SSSR count). The topological polar surface area (TPSA) is 97.1 Å². The molecule has 0 unspecified atom stereocenters. The number of carbonyl (C=O) groups is 2. The lowest BCUT2D eigenvalue weighted by Crippen LogP contribution is -2.42. The van der Waals surface area contributed by atoms with Gasteiger partial charge in [-0.15, -0.1) is 0 Å². The maximum atomic E-state index is 13.3. The summed E-state index contributed by atoms with van der Waals surface area (Å²) in [5.41, 5.74) is 1.34. The number of rotatable bonds is 7. The predicted molar refractivity (Wildman–Crippen MR) is 122 cm³/mol. The smallest absolute Gasteiger partial charge is 0.407 e. The molecule has 1 aliphatic carbocycles. The van der Waals surface area contributed by atoms with Crippen LogP contribution < -0.4 is 5.32 Å². The molecule has 2 saturated heterocycles. The van der Waals surface area contributed by atoms with Crippen LogP contribution in [0.1, 0.15) is 63.1 Å². The first-order valence-corrected chi connectivity index (χ1v) is 11.9. The van der Waals surface area contributed by atoms with Crippen LogP contribution in [0.3, 0.4) is 0 Å². The molecule has 3 heterocycles. The normalized spacial score (nSPS) is 22.9. The van der Waals surface area contributed by atoms with Crippen molar-refractivity contribution in [3.63, 3.8) is 0 Å². The molecule has 3 fully saturated rings. The van der Waals surface area contributed by atoms with Crippen LogP contribution in [0.15, 0.2) is 40.9 Å². The second-order valence-electron chi connectivity index (χ2n) is 10.5. The zero-order valence-corrected chi connectivity index (χ0v) is 20.0. The molecule has 2 aliphatic heterocycles. The number of nitrogens with zero attached hydrogens (tertiary/aromatic N) is 3. The van der Waals surface area contributed by atoms with Gasteiger partial charge in [0.05, 0.1) is 12.1 Å². The highest BCUT2D eigenvalue weighted by Crippen LogP contribution is 2.61. The van der Waals surface area contributed by atoms with Crippen molar-refractivity contribution in [2.45, 2.75) is 70.7 Å². The summed E-state index contributed by atoms with van der Waals surface area (Å²) in [6.45, 7) is 6.86. The van der Waals surface area contributed by atoms with Crippen LogP contribution in [0, 0.1) is 5.41 Å². The standard InChI is InChI=1S/C25H32N4O5/c1-24(2,3)33-22(30)26-12-9-18-13-19(27-34-18)20-14-25(10-11-25)21-15-28(20)23(31)29(21)32-16-17-7-5-4-6-8-17/h4-8,13,20-21H,9-12,14-16H2,1-3H3,(H,26,30)/t20-,21-/m0/s1. The summed E-state index contributed by atoms with van der Waals surface area (Å²) in [7, 11) is 0. The zero-order chi connectivity index (χ0) is 23.9. The maximum absolute atomic E-state index is 13.3. The number of amides is 3. The number of urea groups is 1. The van der Waals surface area contributed by atoms with Gasteiger partial charge in [0.1, 0.15) is 23.7 Å². The third-order valence-electron chi connectivity index (χ3n) is 6.83. The van der Waals surface area contributed by atoms with Gasteiger partial charge in [0.25, 0.3) is 0 Å². The van der Waals surface area contributed by atoms with Crippen molar-refractivity contribution in [2.24, 2.45) is 5.41 Å². The minimum atomic E-state index is -0.540. The van der Waals surface area contributed by atoms with E-state index in [0.717, 1.165) is 30.5 Å². The van der Waals surface area contributed by atoms with E-state index in [0.29, 0.717) is 31.9 Å². The molecular weight excluding hydrogens is 436 g/mol. The average molecular weight is 469 g/mol. The largest absolute Gasteiger partial charge is 0.444 e. The van der Waals surface area contributed by atoms with Crippen LogP contribution >= 0.6 is 0 Å². The third kappa shape index (κ3) is 4.61. The van der Waals surface area contributed by atoms with Gasteiger partial charge >= 0.3 is 12.1 Å². The van der Waals surface area contributed by atoms with Crippen LogP contribution in [0.25, 0.3) is 0 Å². The van der Waals surface area contributed by atoms with Gasteiger partial charge in [0.15, 0.2) is 0 Å². The number of nitrogens with one attached hydrogen (secondary N) is 1. The van der Waals surface area contributed by atoms with Crippen LogP contribution in [-0.2, 0) is 22.6 Å². The Bertz CT molecular complexity index is 1040. The highest BCUT2D eigenvalue weighted by Gasteiger charge is 2.63. The van der Waals surface area contributed by atoms with Crippen LogP contribution in [0.5, 0.6) is 0 Å². The molecule has 3 amide bonds. The van der Waals surface area contributed by atoms with Gasteiger partial charge in [0, 0.05) is 25.6 Å². The van der Waals surface area contributed by atoms with Gasteiger partial charge in [-0.3, -0.25) is 4.84 Å². The molecule has 2 atom stereocenters. The van der Waals surface area contributed by atoms with E-state index >= 15 is 0 Å². The van der Waals surface area contributed by atoms with Crippen molar-refractivity contribution in [3.05, 3.63) is 53.4 Å². The summed E-state index contributed by atoms with van der Waals surface area (Å²) in [5.74, 6) is 0.668. The number of hydrogen-bond acceptors (Lipinski definition) is 6. The monoisotopic (exact) mass is 468 g/mol. The van der Waals surface area contributed by atoms with Gasteiger partial charge in [-0.05, 0) is 51.0 Å². The Morgan fingerprint density at radius 2 is 2.03 bits per heavy atom. The second kappa shape index (κ2) is 8.61. The Morgan fingerprint density at radius 3 is 2.74 bits per heavy atom. The molecule has 9 heteroatoms. The van der Waals surface area contributed by atoms with E-state index < -0.39 is 11.7 Å². The van der Waals surface area contributed by atoms with Gasteiger partial charge in [-0.1, -0.05) is 35.5 Å². The van der Waals surface area contributed by atoms with E-state index in [1.165, 1.54) is 0 Å². The van der Waals surface area contributed by atoms with Crippen LogP contribution in [0.2, 0.25) is 0 Å². The van der Waals surface area contributed by atoms with Crippen LogP contribution in [-0.4, -0.2) is 52.0 Å². The molecule has 1 saturated carbocycles. The van der Waals surface area contributed by atoms with Crippen LogP contribution in [0.4, 0.5) is 9.59 Å². The van der Waals surface area contributed by atoms with Crippen molar-refractivity contribution < 1.29 is 23.7 Å². The molecule has 1 aromatic heterocycles. The van der Waals surface area contributed by atoms with Crippen molar-refractivity contribution >= 4 is 12.1 Å². The van der Waals surface area contributed by atoms with Crippen molar-refractivity contribution in [2.75, 3.05) is 13.1 Å². The highest BCUT2D eigenvalue weighted by molar-refractivity contribution is 5.77. The number of hydroxylamine groups is 2. The fourth-order valence-electron chi connectivity index (χ4n) is 4.96. The zero-order valence-electron chi connectivity index (χ0n) is 20.0. The van der Waals surface area contributed by atoms with E-state index in [1.807, 2.05) is 62.1 Å². The SMILES string of the molecule is CC(C)(C)OC(=O)NCCc1cc([C@@H]2CC3(CC3)[C@@H]3CN2C(=O)N3OCc2ccccc2)no1. The first-order valence-electron chi connectivity index (χ1n) is 11.9. The number of ether oxygens (including phenoxy) is 1. The number of carbonyl (C=O) groups excluding carboxylic acids is 2. The average Bonchev–Trinajstić information content (AvgIpc) is 3.28. The van der Waals surface area contributed by atoms with E-state index in [4.69, 9.17) is 14.1 Å². The summed E-state index contributed by atoms with van der Waals surface area (Å²) in [6, 6.07) is 11.6. The Hall–Kier alpha value is -3.07. The Kier molecular flexibility index (Phi) is 5.75. The molecule has 2 bridgehead atoms. The quantitative estimate of drug-likeness (QED) is 0.654. The Balaban J connectivity index is 1.22. The van der Waals surface area contributed by atoms with Crippen molar-refractivity contribution in [3.8, 4) is 0 Å². The molecule has 2 aromatic rings. The summed E-state index contributed by atoms with van der Waals surface area (Å²) in [4.78, 5) is 33.0. The molecule has 1 aromatic carbocycles. The summed E-state index contributed by atoms with van der Waals surface area (Å²) in [6.07, 6.45) is 3.07. The summed E-state index contributed by atoms with van der Waals surface area (Å²) < 4.78 is 10.8.